The van der Waals surface area contributed by atoms with Gasteiger partial charge in [-0.2, -0.15) is 0 Å². The quantitative estimate of drug-likeness (QED) is 0.828. The van der Waals surface area contributed by atoms with E-state index in [1.807, 2.05) is 13.8 Å². The highest BCUT2D eigenvalue weighted by atomic mass is 32.2. The number of hydrogen-bond acceptors (Lipinski definition) is 5. The molecule has 8 heteroatoms. The first-order chi connectivity index (χ1) is 13.1. The van der Waals surface area contributed by atoms with Gasteiger partial charge in [0, 0.05) is 12.6 Å². The zero-order valence-corrected chi connectivity index (χ0v) is 17.2. The van der Waals surface area contributed by atoms with Crippen LogP contribution in [0.25, 0.3) is 0 Å². The van der Waals surface area contributed by atoms with Gasteiger partial charge in [-0.3, -0.25) is 9.52 Å². The fourth-order valence-corrected chi connectivity index (χ4v) is 4.30. The van der Waals surface area contributed by atoms with Gasteiger partial charge >= 0.3 is 0 Å². The van der Waals surface area contributed by atoms with Crippen LogP contribution in [0.5, 0.6) is 11.5 Å². The SMILES string of the molecule is COc1ccccc1CS(=O)(=O)Nc1ccc2c(c1)N(C)C(=O)C(C)(C)CO2. The Hall–Kier alpha value is -2.74. The van der Waals surface area contributed by atoms with Crippen molar-refractivity contribution in [2.45, 2.75) is 19.6 Å². The minimum Gasteiger partial charge on any atom is -0.496 e. The second-order valence-electron chi connectivity index (χ2n) is 7.39. The van der Waals surface area contributed by atoms with Crippen LogP contribution in [0, 0.1) is 5.41 Å². The third-order valence-electron chi connectivity index (χ3n) is 4.60. The number of rotatable bonds is 5. The highest BCUT2D eigenvalue weighted by Crippen LogP contribution is 2.37. The van der Waals surface area contributed by atoms with Crippen molar-refractivity contribution in [1.82, 2.24) is 0 Å². The summed E-state index contributed by atoms with van der Waals surface area (Å²) in [5.41, 5.74) is 0.770. The Morgan fingerprint density at radius 1 is 1.21 bits per heavy atom. The molecule has 0 aromatic heterocycles. The highest BCUT2D eigenvalue weighted by Gasteiger charge is 2.36. The van der Waals surface area contributed by atoms with Crippen LogP contribution in [0.3, 0.4) is 0 Å². The van der Waals surface area contributed by atoms with E-state index in [0.29, 0.717) is 28.4 Å². The lowest BCUT2D eigenvalue weighted by Gasteiger charge is -2.24. The lowest BCUT2D eigenvalue weighted by Crippen LogP contribution is -2.39. The van der Waals surface area contributed by atoms with E-state index >= 15 is 0 Å². The first-order valence-electron chi connectivity index (χ1n) is 8.80. The Morgan fingerprint density at radius 2 is 1.93 bits per heavy atom. The lowest BCUT2D eigenvalue weighted by atomic mass is 9.93. The van der Waals surface area contributed by atoms with Gasteiger partial charge in [-0.1, -0.05) is 18.2 Å². The molecule has 7 nitrogen and oxygen atoms in total. The second kappa shape index (κ2) is 7.35. The molecule has 0 unspecified atom stereocenters. The predicted molar refractivity (Wildman–Crippen MR) is 108 cm³/mol. The maximum Gasteiger partial charge on any atom is 0.237 e. The van der Waals surface area contributed by atoms with Crippen molar-refractivity contribution in [1.29, 1.82) is 0 Å². The normalized spacial score (nSPS) is 16.0. The summed E-state index contributed by atoms with van der Waals surface area (Å²) in [6.45, 7) is 3.88. The van der Waals surface area contributed by atoms with Gasteiger partial charge in [-0.15, -0.1) is 0 Å². The monoisotopic (exact) mass is 404 g/mol. The van der Waals surface area contributed by atoms with E-state index in [2.05, 4.69) is 4.72 Å². The number of benzene rings is 2. The number of methoxy groups -OCH3 is 1. The minimum absolute atomic E-state index is 0.0970. The van der Waals surface area contributed by atoms with Crippen LogP contribution in [0.2, 0.25) is 0 Å². The van der Waals surface area contributed by atoms with Crippen LogP contribution < -0.4 is 19.1 Å². The Balaban J connectivity index is 1.86. The number of fused-ring (bicyclic) bond motifs is 1. The van der Waals surface area contributed by atoms with Gasteiger partial charge in [0.2, 0.25) is 15.9 Å². The summed E-state index contributed by atoms with van der Waals surface area (Å²) < 4.78 is 38.8. The van der Waals surface area contributed by atoms with Crippen molar-refractivity contribution in [3.63, 3.8) is 0 Å². The summed E-state index contributed by atoms with van der Waals surface area (Å²) in [5, 5.41) is 0. The number of carbonyl (C=O) groups excluding carboxylic acids is 1. The number of sulfonamides is 1. The summed E-state index contributed by atoms with van der Waals surface area (Å²) >= 11 is 0. The van der Waals surface area contributed by atoms with Crippen molar-refractivity contribution in [3.05, 3.63) is 48.0 Å². The summed E-state index contributed by atoms with van der Waals surface area (Å²) in [7, 11) is -0.527. The first kappa shape index (κ1) is 20.0. The second-order valence-corrected chi connectivity index (χ2v) is 9.11. The van der Waals surface area contributed by atoms with Crippen molar-refractivity contribution in [2.75, 3.05) is 30.4 Å². The summed E-state index contributed by atoms with van der Waals surface area (Å²) in [4.78, 5) is 14.1. The Kier molecular flexibility index (Phi) is 5.25. The molecule has 0 aliphatic carbocycles. The van der Waals surface area contributed by atoms with E-state index in [1.54, 1.807) is 49.5 Å². The zero-order chi connectivity index (χ0) is 20.5. The Bertz CT molecular complexity index is 1000. The highest BCUT2D eigenvalue weighted by molar-refractivity contribution is 7.91. The van der Waals surface area contributed by atoms with Gasteiger partial charge in [-0.05, 0) is 38.1 Å². The van der Waals surface area contributed by atoms with E-state index in [9.17, 15) is 13.2 Å². The zero-order valence-electron chi connectivity index (χ0n) is 16.4. The third kappa shape index (κ3) is 4.06. The first-order valence-corrected chi connectivity index (χ1v) is 10.5. The average Bonchev–Trinajstić information content (AvgIpc) is 2.72. The Labute approximate surface area is 165 Å². The molecule has 0 radical (unpaired) electrons. The number of hydrogen-bond donors (Lipinski definition) is 1. The molecule has 1 amide bonds. The van der Waals surface area contributed by atoms with Gasteiger partial charge in [0.1, 0.15) is 18.1 Å². The summed E-state index contributed by atoms with van der Waals surface area (Å²) in [6.07, 6.45) is 0. The molecule has 150 valence electrons. The average molecular weight is 404 g/mol. The summed E-state index contributed by atoms with van der Waals surface area (Å²) in [6, 6.07) is 11.9. The predicted octanol–water partition coefficient (Wildman–Crippen LogP) is 3.02. The van der Waals surface area contributed by atoms with E-state index in [0.717, 1.165) is 0 Å². The van der Waals surface area contributed by atoms with Crippen LogP contribution in [0.4, 0.5) is 11.4 Å². The molecule has 1 aliphatic rings. The number of carbonyl (C=O) groups is 1. The molecule has 1 heterocycles. The fraction of sp³-hybridized carbons (Fsp3) is 0.350. The standard InChI is InChI=1S/C20H24N2O5S/c1-20(2)13-27-18-10-9-15(11-16(18)22(3)19(20)23)21-28(24,25)12-14-7-5-6-8-17(14)26-4/h5-11,21H,12-13H2,1-4H3. The molecule has 0 fully saturated rings. The number of nitrogens with zero attached hydrogens (tertiary/aromatic N) is 1. The van der Waals surface area contributed by atoms with Crippen LogP contribution >= 0.6 is 0 Å². The number of anilines is 2. The van der Waals surface area contributed by atoms with E-state index in [-0.39, 0.29) is 18.3 Å². The van der Waals surface area contributed by atoms with Gasteiger partial charge < -0.3 is 14.4 Å². The van der Waals surface area contributed by atoms with Gasteiger partial charge in [0.15, 0.2) is 0 Å². The fourth-order valence-electron chi connectivity index (χ4n) is 3.09. The topological polar surface area (TPSA) is 84.9 Å². The van der Waals surface area contributed by atoms with Crippen molar-refractivity contribution >= 4 is 27.3 Å². The van der Waals surface area contributed by atoms with Crippen LogP contribution in [-0.2, 0) is 20.6 Å². The number of ether oxygens (including phenoxy) is 2. The molecule has 2 aromatic carbocycles. The molecule has 0 bridgehead atoms. The molecule has 2 aromatic rings. The molecular weight excluding hydrogens is 380 g/mol. The lowest BCUT2D eigenvalue weighted by molar-refractivity contribution is -0.127. The number of amides is 1. The summed E-state index contributed by atoms with van der Waals surface area (Å²) in [5.74, 6) is 0.719. The molecule has 1 aliphatic heterocycles. The van der Waals surface area contributed by atoms with Crippen LogP contribution in [-0.4, -0.2) is 35.1 Å². The molecule has 28 heavy (non-hydrogen) atoms. The smallest absolute Gasteiger partial charge is 0.237 e. The van der Waals surface area contributed by atoms with E-state index < -0.39 is 15.4 Å². The van der Waals surface area contributed by atoms with Crippen LogP contribution in [0.15, 0.2) is 42.5 Å². The van der Waals surface area contributed by atoms with E-state index in [4.69, 9.17) is 9.47 Å². The number of nitrogens with one attached hydrogen (secondary N) is 1. The molecule has 0 saturated heterocycles. The van der Waals surface area contributed by atoms with Crippen LogP contribution in [0.1, 0.15) is 19.4 Å². The molecule has 0 atom stereocenters. The molecule has 3 rings (SSSR count). The maximum atomic E-state index is 12.6. The molecule has 0 saturated carbocycles. The van der Waals surface area contributed by atoms with Gasteiger partial charge in [0.25, 0.3) is 0 Å². The van der Waals surface area contributed by atoms with Crippen molar-refractivity contribution in [2.24, 2.45) is 5.41 Å². The van der Waals surface area contributed by atoms with E-state index in [1.165, 1.54) is 12.0 Å². The molecule has 1 N–H and O–H groups in total. The molecular formula is C20H24N2O5S. The van der Waals surface area contributed by atoms with Crippen molar-refractivity contribution in [3.8, 4) is 11.5 Å². The maximum absolute atomic E-state index is 12.6. The third-order valence-corrected chi connectivity index (χ3v) is 5.84. The molecule has 0 spiro atoms. The number of para-hydroxylation sites is 1. The van der Waals surface area contributed by atoms with Crippen molar-refractivity contribution < 1.29 is 22.7 Å². The van der Waals surface area contributed by atoms with Gasteiger partial charge in [0.05, 0.1) is 29.7 Å². The Morgan fingerprint density at radius 3 is 2.64 bits per heavy atom. The van der Waals surface area contributed by atoms with Gasteiger partial charge in [-0.25, -0.2) is 8.42 Å². The largest absolute Gasteiger partial charge is 0.496 e. The minimum atomic E-state index is -3.68.